The molecule has 8 heteroatoms. The summed E-state index contributed by atoms with van der Waals surface area (Å²) in [5.74, 6) is 0.116. The van der Waals surface area contributed by atoms with Gasteiger partial charge in [0.1, 0.15) is 5.75 Å². The lowest BCUT2D eigenvalue weighted by Crippen LogP contribution is -2.28. The molecule has 0 bridgehead atoms. The first-order valence-corrected chi connectivity index (χ1v) is 12.4. The van der Waals surface area contributed by atoms with Gasteiger partial charge in [0.2, 0.25) is 11.8 Å². The van der Waals surface area contributed by atoms with Crippen molar-refractivity contribution in [2.24, 2.45) is 5.10 Å². The van der Waals surface area contributed by atoms with E-state index in [2.05, 4.69) is 42.3 Å². The van der Waals surface area contributed by atoms with E-state index in [1.54, 1.807) is 19.2 Å². The van der Waals surface area contributed by atoms with Crippen molar-refractivity contribution in [3.8, 4) is 5.75 Å². The van der Waals surface area contributed by atoms with Crippen molar-refractivity contribution in [2.75, 3.05) is 12.4 Å². The fourth-order valence-electron chi connectivity index (χ4n) is 3.80. The second-order valence-electron chi connectivity index (χ2n) is 7.81. The van der Waals surface area contributed by atoms with Gasteiger partial charge < -0.3 is 10.1 Å². The summed E-state index contributed by atoms with van der Waals surface area (Å²) in [6.45, 7) is 0. The van der Waals surface area contributed by atoms with Gasteiger partial charge in [-0.05, 0) is 47.5 Å². The minimum Gasteiger partial charge on any atom is -0.495 e. The molecule has 0 aromatic heterocycles. The molecule has 0 aliphatic carbocycles. The highest BCUT2D eigenvalue weighted by Crippen LogP contribution is 2.34. The van der Waals surface area contributed by atoms with Gasteiger partial charge in [-0.25, -0.2) is 5.01 Å². The van der Waals surface area contributed by atoms with E-state index in [0.717, 1.165) is 25.8 Å². The van der Waals surface area contributed by atoms with Gasteiger partial charge in [-0.2, -0.15) is 5.10 Å². The number of nitrogens with one attached hydrogen (secondary N) is 1. The first kappa shape index (κ1) is 24.2. The Labute approximate surface area is 215 Å². The summed E-state index contributed by atoms with van der Waals surface area (Å²) in [4.78, 5) is 25.7. The minimum atomic E-state index is -0.255. The molecule has 0 unspecified atom stereocenters. The van der Waals surface area contributed by atoms with E-state index in [0.29, 0.717) is 17.9 Å². The molecule has 0 saturated carbocycles. The van der Waals surface area contributed by atoms with Crippen LogP contribution in [-0.4, -0.2) is 29.6 Å². The van der Waals surface area contributed by atoms with Crippen molar-refractivity contribution in [2.45, 2.75) is 25.3 Å². The molecule has 3 aromatic carbocycles. The lowest BCUT2D eigenvalue weighted by Gasteiger charge is -2.22. The molecule has 2 amide bonds. The quantitative estimate of drug-likeness (QED) is 0.353. The van der Waals surface area contributed by atoms with E-state index >= 15 is 0 Å². The highest BCUT2D eigenvalue weighted by atomic mass is 79.9. The van der Waals surface area contributed by atoms with Gasteiger partial charge >= 0.3 is 0 Å². The fourth-order valence-corrected chi connectivity index (χ4v) is 4.33. The van der Waals surface area contributed by atoms with Crippen LogP contribution in [-0.2, 0) is 9.59 Å². The zero-order valence-electron chi connectivity index (χ0n) is 18.5. The lowest BCUT2D eigenvalue weighted by atomic mass is 9.98. The number of amides is 2. The minimum absolute atomic E-state index is 0.0452. The van der Waals surface area contributed by atoms with Crippen LogP contribution in [0.15, 0.2) is 86.8 Å². The average molecular weight is 585 g/mol. The molecular weight excluding hydrogens is 562 g/mol. The van der Waals surface area contributed by atoms with Crippen LogP contribution in [0.3, 0.4) is 0 Å². The number of nitrogens with zero attached hydrogens (tertiary/aromatic N) is 2. The maximum Gasteiger partial charge on any atom is 0.243 e. The predicted molar refractivity (Wildman–Crippen MR) is 140 cm³/mol. The molecule has 0 radical (unpaired) electrons. The van der Waals surface area contributed by atoms with Gasteiger partial charge in [0.15, 0.2) is 0 Å². The third-order valence-corrected chi connectivity index (χ3v) is 6.60. The number of carbonyl (C=O) groups excluding carboxylic acids is 2. The van der Waals surface area contributed by atoms with Crippen LogP contribution in [0.25, 0.3) is 0 Å². The Morgan fingerprint density at radius 2 is 1.62 bits per heavy atom. The maximum atomic E-state index is 13.2. The second-order valence-corrected chi connectivity index (χ2v) is 9.64. The second kappa shape index (κ2) is 11.0. The van der Waals surface area contributed by atoms with Crippen LogP contribution in [0.2, 0.25) is 0 Å². The standard InChI is InChI=1S/C26H23Br2N3O3/c1-34-24-5-3-2-4-21(24)29-25(32)14-15-26(33)31-23(18-8-12-20(28)13-9-18)16-22(30-31)17-6-10-19(27)11-7-17/h2-13,23H,14-16H2,1H3,(H,29,32)/t23-/m0/s1. The SMILES string of the molecule is COc1ccccc1NC(=O)CCC(=O)N1N=C(c2ccc(Br)cc2)C[C@H]1c1ccc(Br)cc1. The van der Waals surface area contributed by atoms with Crippen molar-refractivity contribution in [3.63, 3.8) is 0 Å². The smallest absolute Gasteiger partial charge is 0.243 e. The Morgan fingerprint density at radius 3 is 2.29 bits per heavy atom. The topological polar surface area (TPSA) is 71.0 Å². The molecule has 174 valence electrons. The molecule has 4 rings (SSSR count). The summed E-state index contributed by atoms with van der Waals surface area (Å²) < 4.78 is 7.22. The molecule has 1 aliphatic heterocycles. The van der Waals surface area contributed by atoms with Crippen molar-refractivity contribution >= 4 is 55.1 Å². The normalized spacial score (nSPS) is 15.1. The molecule has 1 heterocycles. The largest absolute Gasteiger partial charge is 0.495 e. The zero-order valence-corrected chi connectivity index (χ0v) is 21.7. The first-order valence-electron chi connectivity index (χ1n) is 10.8. The number of hydrogen-bond acceptors (Lipinski definition) is 4. The number of benzene rings is 3. The average Bonchev–Trinajstić information content (AvgIpc) is 3.29. The molecular formula is C26H23Br2N3O3. The van der Waals surface area contributed by atoms with Gasteiger partial charge in [0.25, 0.3) is 0 Å². The zero-order chi connectivity index (χ0) is 24.1. The van der Waals surface area contributed by atoms with Crippen LogP contribution in [0.5, 0.6) is 5.75 Å². The van der Waals surface area contributed by atoms with Crippen molar-refractivity contribution < 1.29 is 14.3 Å². The summed E-state index contributed by atoms with van der Waals surface area (Å²) in [6, 6.07) is 22.7. The van der Waals surface area contributed by atoms with Gasteiger partial charge in [-0.15, -0.1) is 0 Å². The van der Waals surface area contributed by atoms with Crippen molar-refractivity contribution in [1.82, 2.24) is 5.01 Å². The molecule has 3 aromatic rings. The molecule has 1 atom stereocenters. The summed E-state index contributed by atoms with van der Waals surface area (Å²) in [5.41, 5.74) is 3.37. The number of hydrogen-bond donors (Lipinski definition) is 1. The van der Waals surface area contributed by atoms with Crippen LogP contribution in [0, 0.1) is 0 Å². The van der Waals surface area contributed by atoms with Gasteiger partial charge in [-0.3, -0.25) is 9.59 Å². The van der Waals surface area contributed by atoms with E-state index in [9.17, 15) is 9.59 Å². The summed E-state index contributed by atoms with van der Waals surface area (Å²) in [6.07, 6.45) is 0.692. The number of methoxy groups -OCH3 is 1. The molecule has 1 N–H and O–H groups in total. The van der Waals surface area contributed by atoms with Crippen molar-refractivity contribution in [1.29, 1.82) is 0 Å². The molecule has 0 saturated heterocycles. The Balaban J connectivity index is 1.49. The Kier molecular flexibility index (Phi) is 7.80. The third kappa shape index (κ3) is 5.74. The number of rotatable bonds is 7. The number of ether oxygens (including phenoxy) is 1. The summed E-state index contributed by atoms with van der Waals surface area (Å²) in [7, 11) is 1.55. The monoisotopic (exact) mass is 583 g/mol. The van der Waals surface area contributed by atoms with Gasteiger partial charge in [-0.1, -0.05) is 68.3 Å². The molecule has 0 spiro atoms. The lowest BCUT2D eigenvalue weighted by molar-refractivity contribution is -0.134. The number of anilines is 1. The Morgan fingerprint density at radius 1 is 0.971 bits per heavy atom. The summed E-state index contributed by atoms with van der Waals surface area (Å²) in [5, 5.41) is 9.02. The predicted octanol–water partition coefficient (Wildman–Crippen LogP) is 6.32. The van der Waals surface area contributed by atoms with Crippen LogP contribution >= 0.6 is 31.9 Å². The molecule has 0 fully saturated rings. The van der Waals surface area contributed by atoms with E-state index in [-0.39, 0.29) is 30.7 Å². The number of halogens is 2. The summed E-state index contributed by atoms with van der Waals surface area (Å²) >= 11 is 6.92. The Bertz CT molecular complexity index is 1210. The van der Waals surface area contributed by atoms with Crippen LogP contribution in [0.1, 0.15) is 36.4 Å². The van der Waals surface area contributed by atoms with E-state index in [4.69, 9.17) is 4.74 Å². The van der Waals surface area contributed by atoms with Crippen molar-refractivity contribution in [3.05, 3.63) is 92.9 Å². The van der Waals surface area contributed by atoms with Crippen LogP contribution < -0.4 is 10.1 Å². The third-order valence-electron chi connectivity index (χ3n) is 5.55. The number of para-hydroxylation sites is 2. The van der Waals surface area contributed by atoms with Gasteiger partial charge in [0.05, 0.1) is 24.6 Å². The van der Waals surface area contributed by atoms with E-state index in [1.165, 1.54) is 5.01 Å². The van der Waals surface area contributed by atoms with Crippen LogP contribution in [0.4, 0.5) is 5.69 Å². The number of hydrazone groups is 1. The molecule has 1 aliphatic rings. The Hall–Kier alpha value is -2.97. The fraction of sp³-hybridized carbons (Fsp3) is 0.192. The molecule has 34 heavy (non-hydrogen) atoms. The molecule has 6 nitrogen and oxygen atoms in total. The highest BCUT2D eigenvalue weighted by Gasteiger charge is 2.33. The first-order chi connectivity index (χ1) is 16.4. The van der Waals surface area contributed by atoms with E-state index < -0.39 is 0 Å². The number of carbonyl (C=O) groups is 2. The van der Waals surface area contributed by atoms with Gasteiger partial charge in [0, 0.05) is 28.2 Å². The van der Waals surface area contributed by atoms with E-state index in [1.807, 2.05) is 60.7 Å². The maximum absolute atomic E-state index is 13.2. The highest BCUT2D eigenvalue weighted by molar-refractivity contribution is 9.10.